The monoisotopic (exact) mass is 261 g/mol. The number of aromatic nitrogens is 1. The topological polar surface area (TPSA) is 33.1 Å². The van der Waals surface area contributed by atoms with Crippen LogP contribution in [-0.2, 0) is 6.42 Å². The van der Waals surface area contributed by atoms with Crippen molar-refractivity contribution in [1.82, 2.24) is 4.98 Å². The summed E-state index contributed by atoms with van der Waals surface area (Å²) in [5.74, 6) is 0.223. The highest BCUT2D eigenvalue weighted by Gasteiger charge is 2.32. The fraction of sp³-hybridized carbons (Fsp3) is 0.167. The summed E-state index contributed by atoms with van der Waals surface area (Å²) in [7, 11) is 0. The molecule has 2 atom stereocenters. The van der Waals surface area contributed by atoms with Crippen LogP contribution in [0.4, 0.5) is 0 Å². The molecule has 0 saturated carbocycles. The molecule has 1 aromatic heterocycles. The molecule has 1 aliphatic rings. The van der Waals surface area contributed by atoms with Crippen molar-refractivity contribution in [2.75, 3.05) is 0 Å². The SMILES string of the molecule is OC(c1ccc2ncccc2c1)C1Cc2ccccc21. The molecule has 1 heterocycles. The molecule has 2 aromatic carbocycles. The Hall–Kier alpha value is -2.19. The third-order valence-corrected chi connectivity index (χ3v) is 4.24. The van der Waals surface area contributed by atoms with Crippen LogP contribution in [0, 0.1) is 0 Å². The van der Waals surface area contributed by atoms with Crippen molar-refractivity contribution in [3.05, 3.63) is 77.5 Å². The van der Waals surface area contributed by atoms with Crippen molar-refractivity contribution in [2.45, 2.75) is 18.4 Å². The van der Waals surface area contributed by atoms with Gasteiger partial charge < -0.3 is 5.11 Å². The Morgan fingerprint density at radius 3 is 2.85 bits per heavy atom. The lowest BCUT2D eigenvalue weighted by atomic mass is 9.73. The lowest BCUT2D eigenvalue weighted by Gasteiger charge is -2.34. The number of pyridine rings is 1. The number of rotatable bonds is 2. The molecule has 1 N–H and O–H groups in total. The molecule has 0 fully saturated rings. The summed E-state index contributed by atoms with van der Waals surface area (Å²) in [6.07, 6.45) is 2.32. The molecule has 0 bridgehead atoms. The van der Waals surface area contributed by atoms with Crippen molar-refractivity contribution >= 4 is 10.9 Å². The number of aliphatic hydroxyl groups excluding tert-OH is 1. The summed E-state index contributed by atoms with van der Waals surface area (Å²) in [5, 5.41) is 11.7. The van der Waals surface area contributed by atoms with Crippen molar-refractivity contribution in [3.63, 3.8) is 0 Å². The van der Waals surface area contributed by atoms with Gasteiger partial charge in [0.15, 0.2) is 0 Å². The van der Waals surface area contributed by atoms with Gasteiger partial charge in [-0.2, -0.15) is 0 Å². The summed E-state index contributed by atoms with van der Waals surface area (Å²) < 4.78 is 0. The summed E-state index contributed by atoms with van der Waals surface area (Å²) in [5.41, 5.74) is 4.59. The highest BCUT2D eigenvalue weighted by Crippen LogP contribution is 2.43. The normalized spacial score (nSPS) is 18.4. The lowest BCUT2D eigenvalue weighted by Crippen LogP contribution is -2.23. The van der Waals surface area contributed by atoms with Gasteiger partial charge in [0.25, 0.3) is 0 Å². The Balaban J connectivity index is 1.70. The van der Waals surface area contributed by atoms with Crippen molar-refractivity contribution < 1.29 is 5.11 Å². The van der Waals surface area contributed by atoms with Crippen LogP contribution in [0.5, 0.6) is 0 Å². The summed E-state index contributed by atoms with van der Waals surface area (Å²) in [6, 6.07) is 18.3. The van der Waals surface area contributed by atoms with E-state index in [0.717, 1.165) is 22.9 Å². The first-order chi connectivity index (χ1) is 9.83. The largest absolute Gasteiger partial charge is 0.388 e. The van der Waals surface area contributed by atoms with Gasteiger partial charge in [-0.1, -0.05) is 36.4 Å². The van der Waals surface area contributed by atoms with Crippen LogP contribution in [-0.4, -0.2) is 10.1 Å². The fourth-order valence-corrected chi connectivity index (χ4v) is 3.09. The predicted octanol–water partition coefficient (Wildman–Crippen LogP) is 3.61. The van der Waals surface area contributed by atoms with E-state index in [1.54, 1.807) is 6.20 Å². The Kier molecular flexibility index (Phi) is 2.57. The molecule has 0 radical (unpaired) electrons. The van der Waals surface area contributed by atoms with E-state index in [-0.39, 0.29) is 5.92 Å². The number of fused-ring (bicyclic) bond motifs is 2. The summed E-state index contributed by atoms with van der Waals surface area (Å²) >= 11 is 0. The first-order valence-electron chi connectivity index (χ1n) is 6.93. The van der Waals surface area contributed by atoms with Crippen LogP contribution >= 0.6 is 0 Å². The molecular weight excluding hydrogens is 246 g/mol. The van der Waals surface area contributed by atoms with Gasteiger partial charge in [0.2, 0.25) is 0 Å². The van der Waals surface area contributed by atoms with Crippen LogP contribution in [0.3, 0.4) is 0 Å². The minimum absolute atomic E-state index is 0.223. The molecule has 1 aliphatic carbocycles. The molecule has 0 spiro atoms. The minimum atomic E-state index is -0.436. The average molecular weight is 261 g/mol. The van der Waals surface area contributed by atoms with E-state index in [2.05, 4.69) is 23.2 Å². The molecule has 20 heavy (non-hydrogen) atoms. The molecule has 2 heteroatoms. The second-order valence-electron chi connectivity index (χ2n) is 5.41. The Labute approximate surface area is 117 Å². The molecule has 98 valence electrons. The van der Waals surface area contributed by atoms with Gasteiger partial charge in [-0.15, -0.1) is 0 Å². The zero-order chi connectivity index (χ0) is 13.5. The number of hydrogen-bond acceptors (Lipinski definition) is 2. The van der Waals surface area contributed by atoms with E-state index in [9.17, 15) is 5.11 Å². The maximum atomic E-state index is 10.6. The molecule has 4 rings (SSSR count). The highest BCUT2D eigenvalue weighted by atomic mass is 16.3. The van der Waals surface area contributed by atoms with Gasteiger partial charge in [-0.05, 0) is 41.3 Å². The van der Waals surface area contributed by atoms with E-state index in [1.807, 2.05) is 36.4 Å². The fourth-order valence-electron chi connectivity index (χ4n) is 3.09. The van der Waals surface area contributed by atoms with Gasteiger partial charge in [-0.3, -0.25) is 4.98 Å². The zero-order valence-corrected chi connectivity index (χ0v) is 11.0. The van der Waals surface area contributed by atoms with Gasteiger partial charge in [0, 0.05) is 17.5 Å². The van der Waals surface area contributed by atoms with Crippen molar-refractivity contribution in [1.29, 1.82) is 0 Å². The Morgan fingerprint density at radius 1 is 1.05 bits per heavy atom. The van der Waals surface area contributed by atoms with Crippen LogP contribution in [0.25, 0.3) is 10.9 Å². The van der Waals surface area contributed by atoms with E-state index in [0.29, 0.717) is 0 Å². The first kappa shape index (κ1) is 11.6. The quantitative estimate of drug-likeness (QED) is 0.764. The van der Waals surface area contributed by atoms with Crippen LogP contribution in [0.15, 0.2) is 60.8 Å². The van der Waals surface area contributed by atoms with Gasteiger partial charge in [-0.25, -0.2) is 0 Å². The van der Waals surface area contributed by atoms with Crippen molar-refractivity contribution in [3.8, 4) is 0 Å². The predicted molar refractivity (Wildman–Crippen MR) is 79.6 cm³/mol. The first-order valence-corrected chi connectivity index (χ1v) is 6.93. The second-order valence-corrected chi connectivity index (χ2v) is 5.41. The van der Waals surface area contributed by atoms with Crippen LogP contribution in [0.2, 0.25) is 0 Å². The minimum Gasteiger partial charge on any atom is -0.388 e. The van der Waals surface area contributed by atoms with E-state index < -0.39 is 6.10 Å². The maximum absolute atomic E-state index is 10.6. The summed E-state index contributed by atoms with van der Waals surface area (Å²) in [4.78, 5) is 4.31. The summed E-state index contributed by atoms with van der Waals surface area (Å²) in [6.45, 7) is 0. The standard InChI is InChI=1S/C18H15NO/c20-18(16-11-12-4-1-2-6-15(12)16)14-7-8-17-13(10-14)5-3-9-19-17/h1-10,16,18,20H,11H2. The third-order valence-electron chi connectivity index (χ3n) is 4.24. The molecule has 2 nitrogen and oxygen atoms in total. The van der Waals surface area contributed by atoms with E-state index in [1.165, 1.54) is 11.1 Å². The molecule has 0 saturated heterocycles. The van der Waals surface area contributed by atoms with Crippen molar-refractivity contribution in [2.24, 2.45) is 0 Å². The molecule has 0 aliphatic heterocycles. The molecule has 3 aromatic rings. The molecular formula is C18H15NO. The average Bonchev–Trinajstić information content (AvgIpc) is 2.48. The number of benzene rings is 2. The zero-order valence-electron chi connectivity index (χ0n) is 11.0. The second kappa shape index (κ2) is 4.43. The molecule has 2 unspecified atom stereocenters. The Bertz CT molecular complexity index is 781. The number of nitrogens with zero attached hydrogens (tertiary/aromatic N) is 1. The lowest BCUT2D eigenvalue weighted by molar-refractivity contribution is 0.135. The van der Waals surface area contributed by atoms with E-state index >= 15 is 0 Å². The number of hydrogen-bond donors (Lipinski definition) is 1. The Morgan fingerprint density at radius 2 is 1.95 bits per heavy atom. The van der Waals surface area contributed by atoms with Gasteiger partial charge in [0.05, 0.1) is 11.6 Å². The smallest absolute Gasteiger partial charge is 0.0862 e. The number of aliphatic hydroxyl groups is 1. The maximum Gasteiger partial charge on any atom is 0.0862 e. The molecule has 0 amide bonds. The third kappa shape index (κ3) is 1.73. The van der Waals surface area contributed by atoms with Crippen LogP contribution < -0.4 is 0 Å². The van der Waals surface area contributed by atoms with Gasteiger partial charge in [0.1, 0.15) is 0 Å². The highest BCUT2D eigenvalue weighted by molar-refractivity contribution is 5.79. The van der Waals surface area contributed by atoms with Gasteiger partial charge >= 0.3 is 0 Å². The van der Waals surface area contributed by atoms with Crippen LogP contribution in [0.1, 0.15) is 28.7 Å². The van der Waals surface area contributed by atoms with E-state index in [4.69, 9.17) is 0 Å².